The first-order valence-corrected chi connectivity index (χ1v) is 7.83. The molecule has 1 atom stereocenters. The number of carbonyl (C=O) groups is 1. The first-order chi connectivity index (χ1) is 11.9. The average Bonchev–Trinajstić information content (AvgIpc) is 2.90. The maximum Gasteiger partial charge on any atom is 0.343 e. The second-order valence-electron chi connectivity index (χ2n) is 5.68. The van der Waals surface area contributed by atoms with Crippen molar-refractivity contribution >= 4 is 5.97 Å². The molecule has 1 aliphatic rings. The Morgan fingerprint density at radius 1 is 1.24 bits per heavy atom. The molecule has 25 heavy (non-hydrogen) atoms. The Morgan fingerprint density at radius 3 is 2.56 bits per heavy atom. The van der Waals surface area contributed by atoms with Crippen molar-refractivity contribution < 1.29 is 24.1 Å². The molecule has 0 saturated carbocycles. The number of cyclic esters (lactones) is 1. The summed E-state index contributed by atoms with van der Waals surface area (Å²) in [5.41, 5.74) is 0.939. The monoisotopic (exact) mass is 345 g/mol. The lowest BCUT2D eigenvalue weighted by Gasteiger charge is -2.16. The summed E-state index contributed by atoms with van der Waals surface area (Å²) >= 11 is 0. The van der Waals surface area contributed by atoms with Crippen molar-refractivity contribution in [1.82, 2.24) is 4.57 Å². The van der Waals surface area contributed by atoms with E-state index in [1.54, 1.807) is 19.1 Å². The standard InChI is InChI=1S/C18H19NO6/c1-5-19-9(2)8-11(20)14(17(19)21)15-10-6-7-12(23-3)16(24-4)13(10)18(22)25-15/h6-8,15,20H,5H2,1-4H3/t15-/m0/s1. The van der Waals surface area contributed by atoms with Crippen LogP contribution in [0, 0.1) is 6.92 Å². The Kier molecular flexibility index (Phi) is 4.16. The number of aromatic hydroxyl groups is 1. The number of nitrogens with zero attached hydrogens (tertiary/aromatic N) is 1. The molecular formula is C18H19NO6. The van der Waals surface area contributed by atoms with Crippen molar-refractivity contribution in [2.75, 3.05) is 14.2 Å². The Hall–Kier alpha value is -2.96. The predicted molar refractivity (Wildman–Crippen MR) is 89.6 cm³/mol. The minimum atomic E-state index is -0.992. The summed E-state index contributed by atoms with van der Waals surface area (Å²) in [5, 5.41) is 10.3. The van der Waals surface area contributed by atoms with Crippen LogP contribution >= 0.6 is 0 Å². The maximum atomic E-state index is 12.8. The van der Waals surface area contributed by atoms with Crippen LogP contribution in [-0.4, -0.2) is 29.9 Å². The van der Waals surface area contributed by atoms with Gasteiger partial charge < -0.3 is 23.9 Å². The third-order valence-electron chi connectivity index (χ3n) is 4.39. The van der Waals surface area contributed by atoms with E-state index in [0.29, 0.717) is 23.6 Å². The zero-order chi connectivity index (χ0) is 18.3. The number of rotatable bonds is 4. The van der Waals surface area contributed by atoms with Gasteiger partial charge >= 0.3 is 5.97 Å². The van der Waals surface area contributed by atoms with E-state index in [4.69, 9.17) is 14.2 Å². The van der Waals surface area contributed by atoms with Crippen LogP contribution in [0.25, 0.3) is 0 Å². The van der Waals surface area contributed by atoms with E-state index in [1.807, 2.05) is 6.92 Å². The molecule has 1 aliphatic heterocycles. The maximum absolute atomic E-state index is 12.8. The van der Waals surface area contributed by atoms with Crippen molar-refractivity contribution in [3.05, 3.63) is 50.9 Å². The van der Waals surface area contributed by atoms with Crippen molar-refractivity contribution in [2.24, 2.45) is 0 Å². The molecule has 2 heterocycles. The second kappa shape index (κ2) is 6.16. The highest BCUT2D eigenvalue weighted by molar-refractivity contribution is 5.98. The number of hydrogen-bond donors (Lipinski definition) is 1. The Balaban J connectivity index is 2.25. The largest absolute Gasteiger partial charge is 0.507 e. The molecule has 132 valence electrons. The van der Waals surface area contributed by atoms with E-state index in [0.717, 1.165) is 0 Å². The molecule has 0 unspecified atom stereocenters. The topological polar surface area (TPSA) is 87.0 Å². The van der Waals surface area contributed by atoms with Gasteiger partial charge in [0.05, 0.1) is 14.2 Å². The molecule has 0 fully saturated rings. The highest BCUT2D eigenvalue weighted by Gasteiger charge is 2.39. The first-order valence-electron chi connectivity index (χ1n) is 7.83. The number of aryl methyl sites for hydroxylation is 1. The van der Waals surface area contributed by atoms with E-state index in [2.05, 4.69) is 0 Å². The van der Waals surface area contributed by atoms with Crippen LogP contribution < -0.4 is 15.0 Å². The fraction of sp³-hybridized carbons (Fsp3) is 0.333. The molecule has 0 aliphatic carbocycles. The zero-order valence-electron chi connectivity index (χ0n) is 14.5. The van der Waals surface area contributed by atoms with E-state index >= 15 is 0 Å². The van der Waals surface area contributed by atoms with Crippen molar-refractivity contribution in [3.63, 3.8) is 0 Å². The molecule has 1 aromatic carbocycles. The number of esters is 1. The molecule has 0 bridgehead atoms. The van der Waals surface area contributed by atoms with E-state index in [-0.39, 0.29) is 28.2 Å². The van der Waals surface area contributed by atoms with Crippen LogP contribution in [0.4, 0.5) is 0 Å². The van der Waals surface area contributed by atoms with E-state index < -0.39 is 12.1 Å². The number of methoxy groups -OCH3 is 2. The Bertz CT molecular complexity index is 915. The molecule has 7 heteroatoms. The summed E-state index contributed by atoms with van der Waals surface area (Å²) < 4.78 is 17.4. The molecule has 0 spiro atoms. The van der Waals surface area contributed by atoms with Crippen LogP contribution in [-0.2, 0) is 11.3 Å². The molecule has 1 N–H and O–H groups in total. The van der Waals surface area contributed by atoms with Gasteiger partial charge in [-0.05, 0) is 26.0 Å². The van der Waals surface area contributed by atoms with Gasteiger partial charge in [-0.25, -0.2) is 4.79 Å². The Labute approximate surface area is 144 Å². The fourth-order valence-electron chi connectivity index (χ4n) is 3.22. The first kappa shape index (κ1) is 16.9. The summed E-state index contributed by atoms with van der Waals surface area (Å²) in [6, 6.07) is 4.77. The molecule has 3 rings (SSSR count). The van der Waals surface area contributed by atoms with Gasteiger partial charge in [-0.2, -0.15) is 0 Å². The van der Waals surface area contributed by atoms with Crippen molar-refractivity contribution in [1.29, 1.82) is 0 Å². The number of aromatic nitrogens is 1. The SMILES string of the molecule is CCn1c(C)cc(O)c([C@H]2OC(=O)c3c2ccc(OC)c3OC)c1=O. The van der Waals surface area contributed by atoms with Gasteiger partial charge in [0.1, 0.15) is 16.9 Å². The lowest BCUT2D eigenvalue weighted by atomic mass is 9.98. The summed E-state index contributed by atoms with van der Waals surface area (Å²) in [6.45, 7) is 4.01. The molecule has 2 aromatic rings. The van der Waals surface area contributed by atoms with Crippen LogP contribution in [0.3, 0.4) is 0 Å². The quantitative estimate of drug-likeness (QED) is 0.855. The summed E-state index contributed by atoms with van der Waals surface area (Å²) in [4.78, 5) is 25.2. The third-order valence-corrected chi connectivity index (χ3v) is 4.39. The van der Waals surface area contributed by atoms with Gasteiger partial charge in [0, 0.05) is 17.8 Å². The summed E-state index contributed by atoms with van der Waals surface area (Å²) in [5.74, 6) is -0.196. The van der Waals surface area contributed by atoms with Crippen molar-refractivity contribution in [2.45, 2.75) is 26.5 Å². The lowest BCUT2D eigenvalue weighted by Crippen LogP contribution is -2.27. The van der Waals surface area contributed by atoms with E-state index in [1.165, 1.54) is 24.9 Å². The smallest absolute Gasteiger partial charge is 0.343 e. The second-order valence-corrected chi connectivity index (χ2v) is 5.68. The van der Waals surface area contributed by atoms with Gasteiger partial charge in [0.2, 0.25) is 0 Å². The lowest BCUT2D eigenvalue weighted by molar-refractivity contribution is 0.0448. The molecular weight excluding hydrogens is 326 g/mol. The van der Waals surface area contributed by atoms with Gasteiger partial charge in [-0.15, -0.1) is 0 Å². The molecule has 1 aromatic heterocycles. The molecule has 0 amide bonds. The average molecular weight is 345 g/mol. The van der Waals surface area contributed by atoms with Crippen LogP contribution in [0.2, 0.25) is 0 Å². The highest BCUT2D eigenvalue weighted by Crippen LogP contribution is 2.45. The van der Waals surface area contributed by atoms with Gasteiger partial charge in [-0.3, -0.25) is 4.79 Å². The molecule has 0 saturated heterocycles. The fourth-order valence-corrected chi connectivity index (χ4v) is 3.22. The normalized spacial score (nSPS) is 15.7. The van der Waals surface area contributed by atoms with Gasteiger partial charge in [0.25, 0.3) is 5.56 Å². The van der Waals surface area contributed by atoms with Crippen LogP contribution in [0.5, 0.6) is 17.2 Å². The van der Waals surface area contributed by atoms with Crippen LogP contribution in [0.1, 0.15) is 40.2 Å². The number of ether oxygens (including phenoxy) is 3. The Morgan fingerprint density at radius 2 is 1.96 bits per heavy atom. The zero-order valence-corrected chi connectivity index (χ0v) is 14.5. The van der Waals surface area contributed by atoms with Gasteiger partial charge in [0.15, 0.2) is 17.6 Å². The summed E-state index contributed by atoms with van der Waals surface area (Å²) in [7, 11) is 2.89. The number of benzene rings is 1. The van der Waals surface area contributed by atoms with Crippen LogP contribution in [0.15, 0.2) is 23.0 Å². The number of fused-ring (bicyclic) bond motifs is 1. The molecule has 7 nitrogen and oxygen atoms in total. The number of carbonyl (C=O) groups excluding carboxylic acids is 1. The number of pyridine rings is 1. The minimum absolute atomic E-state index is 0.0340. The minimum Gasteiger partial charge on any atom is -0.507 e. The van der Waals surface area contributed by atoms with E-state index in [9.17, 15) is 14.7 Å². The third kappa shape index (κ3) is 2.43. The molecule has 0 radical (unpaired) electrons. The van der Waals surface area contributed by atoms with Gasteiger partial charge in [-0.1, -0.05) is 6.07 Å². The number of hydrogen-bond acceptors (Lipinski definition) is 6. The highest BCUT2D eigenvalue weighted by atomic mass is 16.6. The predicted octanol–water partition coefficient (Wildman–Crippen LogP) is 2.16. The summed E-state index contributed by atoms with van der Waals surface area (Å²) in [6.07, 6.45) is -0.992. The van der Waals surface area contributed by atoms with Crippen molar-refractivity contribution in [3.8, 4) is 17.2 Å².